The number of hydrogen-bond donors (Lipinski definition) is 2. The van der Waals surface area contributed by atoms with E-state index in [1.165, 1.54) is 58.3 Å². The molecule has 2 N–H and O–H groups in total. The fraction of sp³-hybridized carbons (Fsp3) is 0.585. The van der Waals surface area contributed by atoms with Crippen LogP contribution in [-0.4, -0.2) is 27.8 Å². The fourth-order valence-corrected chi connectivity index (χ4v) is 4.68. The Morgan fingerprint density at radius 2 is 1.00 bits per heavy atom. The number of allylic oxidation sites excluding steroid dienone is 17. The highest BCUT2D eigenvalue weighted by Crippen LogP contribution is 2.17. The maximum Gasteiger partial charge on any atom is 0.0800 e. The van der Waals surface area contributed by atoms with Crippen LogP contribution in [0, 0.1) is 0 Å². The first kappa shape index (κ1) is 62.5. The van der Waals surface area contributed by atoms with E-state index in [1.54, 1.807) is 13.0 Å². The van der Waals surface area contributed by atoms with Gasteiger partial charge < -0.3 is 10.2 Å². The normalized spacial score (nSPS) is 13.1. The van der Waals surface area contributed by atoms with Gasteiger partial charge in [-0.1, -0.05) is 145 Å². The van der Waals surface area contributed by atoms with Gasteiger partial charge >= 0.3 is 0 Å². The third-order valence-corrected chi connectivity index (χ3v) is 8.68. The van der Waals surface area contributed by atoms with Crippen molar-refractivity contribution in [2.75, 3.05) is 6.61 Å². The molecule has 0 aromatic rings. The van der Waals surface area contributed by atoms with Crippen LogP contribution >= 0.6 is 11.6 Å². The molecule has 0 radical (unpaired) electrons. The second kappa shape index (κ2) is 43.5. The summed E-state index contributed by atoms with van der Waals surface area (Å²) in [6.07, 6.45) is 33.9. The predicted octanol–water partition coefficient (Wildman–Crippen LogP) is 17.6. The molecular formula is C53H93ClO2. The summed E-state index contributed by atoms with van der Waals surface area (Å²) in [5.74, 6) is 0. The standard InChI is InChI=1S/C11H19Cl.C11H20.C11H18.2C10H18O/c1-5-6-10(4)7-8-11(12)9(2)3;2*1-5-7-11(4)9-6-8-10(2)3;1-9(2)5-4-6-10(3)7-8-11;1-5-10(4,11)8-6-7-9(2)3/h6,11H,2,5,7-8H2,1,3-4H3;7-8H,5-6,9H2,1-4H3;6-8H,2,5,9H2,1,3-4H3;5,7,11H,4,6,8H2,1-3H3;5,7,11H,1,6,8H2,2-4H3/b10-6+;11-7+;8-6+,11-7+;10-7+;. The molecule has 2 unspecified atom stereocenters. The molecule has 0 fully saturated rings. The van der Waals surface area contributed by atoms with Gasteiger partial charge in [-0.15, -0.1) is 18.2 Å². The first-order chi connectivity index (χ1) is 26.0. The van der Waals surface area contributed by atoms with Crippen LogP contribution in [0.1, 0.15) is 188 Å². The Kier molecular flexibility index (Phi) is 48.6. The minimum Gasteiger partial charge on any atom is -0.392 e. The van der Waals surface area contributed by atoms with Crippen molar-refractivity contribution in [3.05, 3.63) is 131 Å². The lowest BCUT2D eigenvalue weighted by molar-refractivity contribution is 0.103. The Hall–Kier alpha value is -2.65. The van der Waals surface area contributed by atoms with E-state index >= 15 is 0 Å². The van der Waals surface area contributed by atoms with Gasteiger partial charge in [0.25, 0.3) is 0 Å². The molecule has 0 aliphatic rings. The largest absolute Gasteiger partial charge is 0.392 e. The monoisotopic (exact) mass is 797 g/mol. The third-order valence-electron chi connectivity index (χ3n) is 8.09. The van der Waals surface area contributed by atoms with Gasteiger partial charge in [-0.05, 0) is 167 Å². The van der Waals surface area contributed by atoms with Gasteiger partial charge in [-0.25, -0.2) is 0 Å². The Labute approximate surface area is 356 Å². The third kappa shape index (κ3) is 60.6. The summed E-state index contributed by atoms with van der Waals surface area (Å²) in [4.78, 5) is 0. The maximum atomic E-state index is 9.49. The Balaban J connectivity index is -0.000000194. The molecule has 0 saturated heterocycles. The SMILES string of the molecule is C=C(C)/C=C/C/C(C)=C/CC.C=C(C)C(Cl)CC/C(C)=C/CC.C=CC(C)(O)CCC=C(C)C.CC(C)=CCC/C(C)=C/CO.CC/C=C(\C)CCC=C(C)C. The Bertz CT molecular complexity index is 1210. The van der Waals surface area contributed by atoms with Crippen LogP contribution in [0.25, 0.3) is 0 Å². The van der Waals surface area contributed by atoms with Crippen LogP contribution in [0.5, 0.6) is 0 Å². The highest BCUT2D eigenvalue weighted by atomic mass is 35.5. The van der Waals surface area contributed by atoms with E-state index in [1.807, 2.05) is 19.9 Å². The Morgan fingerprint density at radius 3 is 1.36 bits per heavy atom. The van der Waals surface area contributed by atoms with Gasteiger partial charge in [0.05, 0.1) is 17.6 Å². The molecule has 2 atom stereocenters. The fourth-order valence-electron chi connectivity index (χ4n) is 4.57. The molecule has 0 amide bonds. The molecule has 3 heteroatoms. The van der Waals surface area contributed by atoms with Crippen LogP contribution in [0.2, 0.25) is 0 Å². The molecule has 324 valence electrons. The number of rotatable bonds is 21. The van der Waals surface area contributed by atoms with E-state index < -0.39 is 5.60 Å². The molecule has 0 spiro atoms. The van der Waals surface area contributed by atoms with Crippen LogP contribution < -0.4 is 0 Å². The van der Waals surface area contributed by atoms with Crippen LogP contribution in [0.4, 0.5) is 0 Å². The average molecular weight is 798 g/mol. The molecule has 0 aliphatic carbocycles. The number of aliphatic hydroxyl groups is 2. The number of aliphatic hydroxyl groups excluding tert-OH is 1. The quantitative estimate of drug-likeness (QED) is 0.0690. The molecule has 2 nitrogen and oxygen atoms in total. The van der Waals surface area contributed by atoms with Crippen molar-refractivity contribution in [3.63, 3.8) is 0 Å². The highest BCUT2D eigenvalue weighted by molar-refractivity contribution is 6.22. The average Bonchev–Trinajstić information content (AvgIpc) is 3.08. The van der Waals surface area contributed by atoms with Crippen molar-refractivity contribution >= 4 is 11.6 Å². The molecule has 0 aliphatic heterocycles. The van der Waals surface area contributed by atoms with Gasteiger partial charge in [0, 0.05) is 0 Å². The zero-order valence-corrected chi connectivity index (χ0v) is 40.7. The summed E-state index contributed by atoms with van der Waals surface area (Å²) in [6, 6.07) is 0. The van der Waals surface area contributed by atoms with Crippen molar-refractivity contribution < 1.29 is 10.2 Å². The molecule has 0 rings (SSSR count). The van der Waals surface area contributed by atoms with Gasteiger partial charge in [-0.3, -0.25) is 0 Å². The summed E-state index contributed by atoms with van der Waals surface area (Å²) >= 11 is 6.03. The molecule has 0 saturated carbocycles. The van der Waals surface area contributed by atoms with Gasteiger partial charge in [0.1, 0.15) is 0 Å². The topological polar surface area (TPSA) is 40.5 Å². The lowest BCUT2D eigenvalue weighted by Crippen LogP contribution is -2.19. The smallest absolute Gasteiger partial charge is 0.0800 e. The second-order valence-corrected chi connectivity index (χ2v) is 16.5. The van der Waals surface area contributed by atoms with E-state index in [2.05, 4.69) is 158 Å². The van der Waals surface area contributed by atoms with Gasteiger partial charge in [0.2, 0.25) is 0 Å². The van der Waals surface area contributed by atoms with Crippen molar-refractivity contribution in [1.82, 2.24) is 0 Å². The summed E-state index contributed by atoms with van der Waals surface area (Å²) in [5, 5.41) is 18.2. The first-order valence-corrected chi connectivity index (χ1v) is 21.6. The minimum atomic E-state index is -0.702. The zero-order chi connectivity index (χ0) is 44.5. The predicted molar refractivity (Wildman–Crippen MR) is 262 cm³/mol. The molecular weight excluding hydrogens is 704 g/mol. The maximum absolute atomic E-state index is 9.49. The van der Waals surface area contributed by atoms with Crippen molar-refractivity contribution in [2.24, 2.45) is 0 Å². The van der Waals surface area contributed by atoms with E-state index in [9.17, 15) is 5.11 Å². The van der Waals surface area contributed by atoms with Crippen LogP contribution in [0.3, 0.4) is 0 Å². The van der Waals surface area contributed by atoms with Gasteiger partial charge in [-0.2, -0.15) is 0 Å². The summed E-state index contributed by atoms with van der Waals surface area (Å²) < 4.78 is 0. The second-order valence-electron chi connectivity index (χ2n) is 15.9. The van der Waals surface area contributed by atoms with Crippen molar-refractivity contribution in [1.29, 1.82) is 0 Å². The van der Waals surface area contributed by atoms with Crippen LogP contribution in [0.15, 0.2) is 131 Å². The van der Waals surface area contributed by atoms with Crippen LogP contribution in [-0.2, 0) is 0 Å². The zero-order valence-electron chi connectivity index (χ0n) is 39.9. The number of hydrogen-bond acceptors (Lipinski definition) is 2. The molecule has 0 heterocycles. The minimum absolute atomic E-state index is 0.144. The summed E-state index contributed by atoms with van der Waals surface area (Å²) in [6.45, 7) is 44.8. The first-order valence-electron chi connectivity index (χ1n) is 21.2. The van der Waals surface area contributed by atoms with E-state index in [0.717, 1.165) is 68.9 Å². The number of alkyl halides is 1. The molecule has 0 bridgehead atoms. The van der Waals surface area contributed by atoms with E-state index in [0.29, 0.717) is 0 Å². The van der Waals surface area contributed by atoms with E-state index in [-0.39, 0.29) is 12.0 Å². The highest BCUT2D eigenvalue weighted by Gasteiger charge is 2.12. The molecule has 0 aromatic heterocycles. The summed E-state index contributed by atoms with van der Waals surface area (Å²) in [7, 11) is 0. The van der Waals surface area contributed by atoms with E-state index in [4.69, 9.17) is 16.7 Å². The Morgan fingerprint density at radius 1 is 0.607 bits per heavy atom. The summed E-state index contributed by atoms with van der Waals surface area (Å²) in [5.41, 5.74) is 11.2. The van der Waals surface area contributed by atoms with Gasteiger partial charge in [0.15, 0.2) is 0 Å². The van der Waals surface area contributed by atoms with Crippen molar-refractivity contribution in [2.45, 2.75) is 199 Å². The lowest BCUT2D eigenvalue weighted by atomic mass is 10.00. The lowest BCUT2D eigenvalue weighted by Gasteiger charge is -2.16. The van der Waals surface area contributed by atoms with Crippen molar-refractivity contribution in [3.8, 4) is 0 Å². The molecule has 0 aromatic carbocycles. The molecule has 56 heavy (non-hydrogen) atoms. The number of halogens is 1.